The van der Waals surface area contributed by atoms with Crippen LogP contribution in [0.15, 0.2) is 6.20 Å². The Balaban J connectivity index is 2.98. The zero-order valence-corrected chi connectivity index (χ0v) is 10.1. The highest BCUT2D eigenvalue weighted by molar-refractivity contribution is 6.36. The minimum absolute atomic E-state index is 0.365. The van der Waals surface area contributed by atoms with Crippen molar-refractivity contribution >= 4 is 22.6 Å². The first-order chi connectivity index (χ1) is 7.56. The first kappa shape index (κ1) is 10.8. The van der Waals surface area contributed by atoms with E-state index in [-0.39, 0.29) is 0 Å². The van der Waals surface area contributed by atoms with E-state index in [4.69, 9.17) is 16.9 Å². The Morgan fingerprint density at radius 2 is 1.88 bits per heavy atom. The van der Waals surface area contributed by atoms with Crippen molar-refractivity contribution in [2.45, 2.75) is 20.8 Å². The van der Waals surface area contributed by atoms with Gasteiger partial charge in [0.05, 0.1) is 16.1 Å². The predicted molar refractivity (Wildman–Crippen MR) is 63.5 cm³/mol. The molecule has 0 radical (unpaired) electrons. The van der Waals surface area contributed by atoms with Gasteiger partial charge < -0.3 is 0 Å². The van der Waals surface area contributed by atoms with Crippen LogP contribution in [-0.2, 0) is 0 Å². The van der Waals surface area contributed by atoms with Crippen LogP contribution < -0.4 is 0 Å². The summed E-state index contributed by atoms with van der Waals surface area (Å²) in [4.78, 5) is 8.64. The van der Waals surface area contributed by atoms with E-state index in [1.54, 1.807) is 0 Å². The van der Waals surface area contributed by atoms with E-state index in [1.165, 1.54) is 6.20 Å². The number of halogens is 1. The van der Waals surface area contributed by atoms with Crippen molar-refractivity contribution in [3.63, 3.8) is 0 Å². The lowest BCUT2D eigenvalue weighted by Gasteiger charge is -2.09. The molecule has 0 saturated heterocycles. The van der Waals surface area contributed by atoms with Gasteiger partial charge in [0.15, 0.2) is 0 Å². The highest BCUT2D eigenvalue weighted by Gasteiger charge is 2.12. The maximum Gasteiger partial charge on any atom is 0.109 e. The third-order valence-electron chi connectivity index (χ3n) is 2.85. The van der Waals surface area contributed by atoms with E-state index in [0.717, 1.165) is 22.3 Å². The molecule has 0 bridgehead atoms. The Hall–Kier alpha value is -1.66. The molecule has 0 fully saturated rings. The molecule has 16 heavy (non-hydrogen) atoms. The molecular weight excluding hydrogens is 222 g/mol. The summed E-state index contributed by atoms with van der Waals surface area (Å²) in [5.74, 6) is 0. The summed E-state index contributed by atoms with van der Waals surface area (Å²) < 4.78 is 0. The average molecular weight is 232 g/mol. The van der Waals surface area contributed by atoms with Crippen molar-refractivity contribution < 1.29 is 0 Å². The lowest BCUT2D eigenvalue weighted by Crippen LogP contribution is -1.97. The van der Waals surface area contributed by atoms with Gasteiger partial charge in [-0.15, -0.1) is 0 Å². The zero-order valence-electron chi connectivity index (χ0n) is 9.30. The third kappa shape index (κ3) is 1.43. The summed E-state index contributed by atoms with van der Waals surface area (Å²) in [6.07, 6.45) is 1.49. The molecular formula is C12H10ClN3. The number of hydrogen-bond donors (Lipinski definition) is 0. The lowest BCUT2D eigenvalue weighted by molar-refractivity contribution is 1.15. The molecule has 3 nitrogen and oxygen atoms in total. The Morgan fingerprint density at radius 1 is 1.19 bits per heavy atom. The molecule has 2 aromatic rings. The highest BCUT2D eigenvalue weighted by atomic mass is 35.5. The van der Waals surface area contributed by atoms with Crippen LogP contribution in [0.3, 0.4) is 0 Å². The van der Waals surface area contributed by atoms with E-state index >= 15 is 0 Å². The maximum absolute atomic E-state index is 8.87. The number of hydrogen-bond acceptors (Lipinski definition) is 3. The fraction of sp³-hybridized carbons (Fsp3) is 0.250. The molecule has 0 aliphatic rings. The molecule has 4 heteroatoms. The number of aromatic nitrogens is 2. The third-order valence-corrected chi connectivity index (χ3v) is 3.23. The van der Waals surface area contributed by atoms with Gasteiger partial charge in [0.1, 0.15) is 11.6 Å². The monoisotopic (exact) mass is 231 g/mol. The van der Waals surface area contributed by atoms with E-state index in [0.29, 0.717) is 16.1 Å². The van der Waals surface area contributed by atoms with Crippen LogP contribution in [0, 0.1) is 32.1 Å². The normalized spacial score (nSPS) is 10.4. The summed E-state index contributed by atoms with van der Waals surface area (Å²) >= 11 is 6.11. The predicted octanol–water partition coefficient (Wildman–Crippen LogP) is 3.08. The molecule has 0 aliphatic carbocycles. The molecule has 0 aliphatic heterocycles. The van der Waals surface area contributed by atoms with Gasteiger partial charge in [0.25, 0.3) is 0 Å². The molecule has 80 valence electrons. The van der Waals surface area contributed by atoms with Gasteiger partial charge in [0, 0.05) is 11.9 Å². The first-order valence-electron chi connectivity index (χ1n) is 4.88. The minimum atomic E-state index is 0.365. The van der Waals surface area contributed by atoms with Crippen molar-refractivity contribution in [3.8, 4) is 6.07 Å². The molecule has 0 amide bonds. The van der Waals surface area contributed by atoms with E-state index in [2.05, 4.69) is 9.97 Å². The number of rotatable bonds is 0. The second-order valence-corrected chi connectivity index (χ2v) is 4.12. The van der Waals surface area contributed by atoms with Gasteiger partial charge in [0.2, 0.25) is 0 Å². The Labute approximate surface area is 98.7 Å². The maximum atomic E-state index is 8.87. The summed E-state index contributed by atoms with van der Waals surface area (Å²) in [6.45, 7) is 5.92. The molecule has 2 rings (SSSR count). The smallest absolute Gasteiger partial charge is 0.109 e. The van der Waals surface area contributed by atoms with Crippen LogP contribution >= 0.6 is 11.6 Å². The van der Waals surface area contributed by atoms with E-state index < -0.39 is 0 Å². The van der Waals surface area contributed by atoms with Gasteiger partial charge in [-0.1, -0.05) is 11.6 Å². The minimum Gasteiger partial charge on any atom is -0.253 e. The summed E-state index contributed by atoms with van der Waals surface area (Å²) in [7, 11) is 0. The molecule has 0 atom stereocenters. The van der Waals surface area contributed by atoms with Gasteiger partial charge in [-0.05, 0) is 31.9 Å². The summed E-state index contributed by atoms with van der Waals surface area (Å²) in [5.41, 5.74) is 4.84. The van der Waals surface area contributed by atoms with E-state index in [9.17, 15) is 0 Å². The van der Waals surface area contributed by atoms with Crippen LogP contribution in [0.1, 0.15) is 22.4 Å². The first-order valence-corrected chi connectivity index (χ1v) is 5.26. The standard InChI is InChI=1S/C12H10ClN3/c1-6-7(2)11-12(16-8(6)3)10(13)9(4-14)5-15-11/h5H,1-3H3. The van der Waals surface area contributed by atoms with Crippen LogP contribution in [0.4, 0.5) is 0 Å². The van der Waals surface area contributed by atoms with Gasteiger partial charge in [-0.3, -0.25) is 4.98 Å². The zero-order chi connectivity index (χ0) is 11.9. The van der Waals surface area contributed by atoms with Crippen LogP contribution in [0.2, 0.25) is 5.02 Å². The quantitative estimate of drug-likeness (QED) is 0.700. The number of aryl methyl sites for hydroxylation is 2. The molecule has 0 saturated carbocycles. The lowest BCUT2D eigenvalue weighted by atomic mass is 10.1. The van der Waals surface area contributed by atoms with Crippen LogP contribution in [0.5, 0.6) is 0 Å². The molecule has 2 aromatic heterocycles. The number of nitrogens with zero attached hydrogens (tertiary/aromatic N) is 3. The number of nitriles is 1. The Morgan fingerprint density at radius 3 is 2.50 bits per heavy atom. The highest BCUT2D eigenvalue weighted by Crippen LogP contribution is 2.27. The van der Waals surface area contributed by atoms with Crippen molar-refractivity contribution in [1.82, 2.24) is 9.97 Å². The number of fused-ring (bicyclic) bond motifs is 1. The number of pyridine rings is 2. The largest absolute Gasteiger partial charge is 0.253 e. The van der Waals surface area contributed by atoms with E-state index in [1.807, 2.05) is 26.8 Å². The molecule has 0 spiro atoms. The SMILES string of the molecule is Cc1nc2c(Cl)c(C#N)cnc2c(C)c1C. The second kappa shape index (κ2) is 3.73. The van der Waals surface area contributed by atoms with Gasteiger partial charge in [-0.2, -0.15) is 5.26 Å². The Kier molecular flexibility index (Phi) is 2.53. The summed E-state index contributed by atoms with van der Waals surface area (Å²) in [5, 5.41) is 9.26. The molecule has 2 heterocycles. The second-order valence-electron chi connectivity index (χ2n) is 3.74. The van der Waals surface area contributed by atoms with Crippen molar-refractivity contribution in [2.75, 3.05) is 0 Å². The Bertz CT molecular complexity index is 626. The molecule has 0 N–H and O–H groups in total. The van der Waals surface area contributed by atoms with Crippen molar-refractivity contribution in [3.05, 3.63) is 33.6 Å². The summed E-state index contributed by atoms with van der Waals surface area (Å²) in [6, 6.07) is 2.01. The fourth-order valence-electron chi connectivity index (χ4n) is 1.63. The topological polar surface area (TPSA) is 49.6 Å². The van der Waals surface area contributed by atoms with Gasteiger partial charge in [-0.25, -0.2) is 4.98 Å². The fourth-order valence-corrected chi connectivity index (χ4v) is 1.86. The molecule has 0 aromatic carbocycles. The van der Waals surface area contributed by atoms with Gasteiger partial charge >= 0.3 is 0 Å². The van der Waals surface area contributed by atoms with Crippen LogP contribution in [-0.4, -0.2) is 9.97 Å². The molecule has 0 unspecified atom stereocenters. The van der Waals surface area contributed by atoms with Crippen LogP contribution in [0.25, 0.3) is 11.0 Å². The average Bonchev–Trinajstić information content (AvgIpc) is 2.28. The van der Waals surface area contributed by atoms with Crippen molar-refractivity contribution in [2.24, 2.45) is 0 Å². The van der Waals surface area contributed by atoms with Crippen molar-refractivity contribution in [1.29, 1.82) is 5.26 Å².